The first kappa shape index (κ1) is 12.0. The van der Waals surface area contributed by atoms with Crippen molar-refractivity contribution in [3.8, 4) is 0 Å². The molecule has 1 aromatic rings. The molecule has 3 N–H and O–H groups in total. The van der Waals surface area contributed by atoms with E-state index >= 15 is 0 Å². The number of amides is 1. The smallest absolute Gasteiger partial charge is 0.242 e. The van der Waals surface area contributed by atoms with Gasteiger partial charge in [-0.1, -0.05) is 6.07 Å². The van der Waals surface area contributed by atoms with E-state index in [2.05, 4.69) is 10.3 Å². The molecule has 0 aliphatic rings. The minimum atomic E-state index is -0.459. The molecule has 1 rings (SSSR count). The van der Waals surface area contributed by atoms with Crippen molar-refractivity contribution < 1.29 is 4.79 Å². The van der Waals surface area contributed by atoms with Gasteiger partial charge in [0.2, 0.25) is 5.91 Å². The first-order chi connectivity index (χ1) is 7.24. The van der Waals surface area contributed by atoms with E-state index in [1.165, 1.54) is 0 Å². The van der Waals surface area contributed by atoms with Crippen LogP contribution >= 0.6 is 11.8 Å². The molecule has 15 heavy (non-hydrogen) atoms. The second-order valence-electron chi connectivity index (χ2n) is 3.09. The SMILES string of the molecule is CSCCC(N)C(=O)Nc1ccccn1. The fourth-order valence-corrected chi connectivity index (χ4v) is 1.52. The Morgan fingerprint density at radius 2 is 2.47 bits per heavy atom. The molecule has 1 amide bonds. The van der Waals surface area contributed by atoms with E-state index in [-0.39, 0.29) is 5.91 Å². The van der Waals surface area contributed by atoms with E-state index in [9.17, 15) is 4.79 Å². The van der Waals surface area contributed by atoms with Crippen LogP contribution < -0.4 is 11.1 Å². The quantitative estimate of drug-likeness (QED) is 0.787. The fourth-order valence-electron chi connectivity index (χ4n) is 1.03. The Kier molecular flexibility index (Phi) is 5.14. The maximum atomic E-state index is 11.5. The van der Waals surface area contributed by atoms with Crippen LogP contribution in [-0.2, 0) is 4.79 Å². The van der Waals surface area contributed by atoms with Gasteiger partial charge in [-0.25, -0.2) is 4.98 Å². The van der Waals surface area contributed by atoms with Gasteiger partial charge < -0.3 is 11.1 Å². The third kappa shape index (κ3) is 4.31. The number of nitrogens with one attached hydrogen (secondary N) is 1. The van der Waals surface area contributed by atoms with Gasteiger partial charge in [0.05, 0.1) is 6.04 Å². The maximum absolute atomic E-state index is 11.5. The van der Waals surface area contributed by atoms with Crippen molar-refractivity contribution in [2.24, 2.45) is 5.73 Å². The molecule has 0 saturated heterocycles. The number of aromatic nitrogens is 1. The van der Waals surface area contributed by atoms with Gasteiger partial charge >= 0.3 is 0 Å². The Morgan fingerprint density at radius 3 is 3.07 bits per heavy atom. The summed E-state index contributed by atoms with van der Waals surface area (Å²) in [5.41, 5.74) is 5.70. The van der Waals surface area contributed by atoms with Crippen molar-refractivity contribution >= 4 is 23.5 Å². The van der Waals surface area contributed by atoms with E-state index in [1.54, 1.807) is 30.1 Å². The van der Waals surface area contributed by atoms with E-state index in [0.717, 1.165) is 5.75 Å². The van der Waals surface area contributed by atoms with Gasteiger partial charge in [0.25, 0.3) is 0 Å². The topological polar surface area (TPSA) is 68.0 Å². The largest absolute Gasteiger partial charge is 0.320 e. The molecule has 1 atom stereocenters. The third-order valence-electron chi connectivity index (χ3n) is 1.89. The molecule has 0 aromatic carbocycles. The molecule has 4 nitrogen and oxygen atoms in total. The molecule has 0 fully saturated rings. The summed E-state index contributed by atoms with van der Waals surface area (Å²) in [6, 6.07) is 4.89. The van der Waals surface area contributed by atoms with Gasteiger partial charge in [0, 0.05) is 6.20 Å². The molecule has 82 valence electrons. The third-order valence-corrected chi connectivity index (χ3v) is 2.53. The number of thioether (sulfide) groups is 1. The number of carbonyl (C=O) groups excluding carboxylic acids is 1. The van der Waals surface area contributed by atoms with Crippen molar-refractivity contribution in [3.05, 3.63) is 24.4 Å². The molecule has 5 heteroatoms. The monoisotopic (exact) mass is 225 g/mol. The molecule has 1 heterocycles. The molecule has 0 radical (unpaired) electrons. The second kappa shape index (κ2) is 6.42. The van der Waals surface area contributed by atoms with Gasteiger partial charge in [0.15, 0.2) is 0 Å². The van der Waals surface area contributed by atoms with Crippen molar-refractivity contribution in [1.29, 1.82) is 0 Å². The van der Waals surface area contributed by atoms with Crippen LogP contribution in [0.2, 0.25) is 0 Å². The highest BCUT2D eigenvalue weighted by molar-refractivity contribution is 7.98. The summed E-state index contributed by atoms with van der Waals surface area (Å²) in [7, 11) is 0. The lowest BCUT2D eigenvalue weighted by atomic mass is 10.2. The number of hydrogen-bond donors (Lipinski definition) is 2. The molecule has 1 aromatic heterocycles. The summed E-state index contributed by atoms with van der Waals surface area (Å²) < 4.78 is 0. The zero-order valence-electron chi connectivity index (χ0n) is 8.64. The lowest BCUT2D eigenvalue weighted by molar-refractivity contribution is -0.117. The van der Waals surface area contributed by atoms with E-state index < -0.39 is 6.04 Å². The number of nitrogens with zero attached hydrogens (tertiary/aromatic N) is 1. The molecular formula is C10H15N3OS. The van der Waals surface area contributed by atoms with Gasteiger partial charge in [-0.05, 0) is 30.6 Å². The number of anilines is 1. The Balaban J connectivity index is 2.42. The summed E-state index contributed by atoms with van der Waals surface area (Å²) >= 11 is 1.68. The molecule has 1 unspecified atom stereocenters. The molecule has 0 spiro atoms. The highest BCUT2D eigenvalue weighted by Gasteiger charge is 2.12. The van der Waals surface area contributed by atoms with Crippen LogP contribution in [0.15, 0.2) is 24.4 Å². The second-order valence-corrected chi connectivity index (χ2v) is 4.08. The first-order valence-electron chi connectivity index (χ1n) is 4.70. The predicted molar refractivity (Wildman–Crippen MR) is 63.8 cm³/mol. The molecular weight excluding hydrogens is 210 g/mol. The maximum Gasteiger partial charge on any atom is 0.242 e. The summed E-state index contributed by atoms with van der Waals surface area (Å²) in [5, 5.41) is 2.67. The lowest BCUT2D eigenvalue weighted by Crippen LogP contribution is -2.36. The minimum Gasteiger partial charge on any atom is -0.320 e. The van der Waals surface area contributed by atoms with Crippen LogP contribution in [-0.4, -0.2) is 28.9 Å². The Labute approximate surface area is 93.7 Å². The number of hydrogen-bond acceptors (Lipinski definition) is 4. The van der Waals surface area contributed by atoms with Gasteiger partial charge in [-0.15, -0.1) is 0 Å². The molecule has 0 bridgehead atoms. The highest BCUT2D eigenvalue weighted by atomic mass is 32.2. The predicted octanol–water partition coefficient (Wildman–Crippen LogP) is 1.10. The molecule has 0 aliphatic heterocycles. The van der Waals surface area contributed by atoms with Crippen molar-refractivity contribution in [2.45, 2.75) is 12.5 Å². The molecule has 0 aliphatic carbocycles. The van der Waals surface area contributed by atoms with Gasteiger partial charge in [-0.2, -0.15) is 11.8 Å². The van der Waals surface area contributed by atoms with Crippen molar-refractivity contribution in [2.75, 3.05) is 17.3 Å². The number of pyridine rings is 1. The van der Waals surface area contributed by atoms with E-state index in [0.29, 0.717) is 12.2 Å². The van der Waals surface area contributed by atoms with Crippen LogP contribution in [0, 0.1) is 0 Å². The number of carbonyl (C=O) groups is 1. The standard InChI is InChI=1S/C10H15N3OS/c1-15-7-5-8(11)10(14)13-9-4-2-3-6-12-9/h2-4,6,8H,5,7,11H2,1H3,(H,12,13,14). The zero-order valence-corrected chi connectivity index (χ0v) is 9.46. The van der Waals surface area contributed by atoms with Crippen LogP contribution in [0.25, 0.3) is 0 Å². The number of rotatable bonds is 5. The van der Waals surface area contributed by atoms with Crippen LogP contribution in [0.1, 0.15) is 6.42 Å². The zero-order chi connectivity index (χ0) is 11.1. The van der Waals surface area contributed by atoms with Gasteiger partial charge in [0.1, 0.15) is 5.82 Å². The minimum absolute atomic E-state index is 0.178. The number of nitrogens with two attached hydrogens (primary N) is 1. The van der Waals surface area contributed by atoms with E-state index in [1.807, 2.05) is 12.3 Å². The fraction of sp³-hybridized carbons (Fsp3) is 0.400. The van der Waals surface area contributed by atoms with E-state index in [4.69, 9.17) is 5.73 Å². The average molecular weight is 225 g/mol. The van der Waals surface area contributed by atoms with Crippen molar-refractivity contribution in [1.82, 2.24) is 4.98 Å². The summed E-state index contributed by atoms with van der Waals surface area (Å²) in [6.45, 7) is 0. The van der Waals surface area contributed by atoms with Gasteiger partial charge in [-0.3, -0.25) is 4.79 Å². The Morgan fingerprint density at radius 1 is 1.67 bits per heavy atom. The molecule has 0 saturated carbocycles. The Bertz CT molecular complexity index is 305. The van der Waals surface area contributed by atoms with Crippen LogP contribution in [0.3, 0.4) is 0 Å². The summed E-state index contributed by atoms with van der Waals surface area (Å²) in [6.07, 6.45) is 4.30. The highest BCUT2D eigenvalue weighted by Crippen LogP contribution is 2.03. The lowest BCUT2D eigenvalue weighted by Gasteiger charge is -2.10. The first-order valence-corrected chi connectivity index (χ1v) is 6.10. The Hall–Kier alpha value is -1.07. The van der Waals surface area contributed by atoms with Crippen LogP contribution in [0.5, 0.6) is 0 Å². The normalized spacial score (nSPS) is 12.1. The summed E-state index contributed by atoms with van der Waals surface area (Å²) in [5.74, 6) is 1.25. The van der Waals surface area contributed by atoms with Crippen molar-refractivity contribution in [3.63, 3.8) is 0 Å². The summed E-state index contributed by atoms with van der Waals surface area (Å²) in [4.78, 5) is 15.5. The average Bonchev–Trinajstić information content (AvgIpc) is 2.27. The van der Waals surface area contributed by atoms with Crippen LogP contribution in [0.4, 0.5) is 5.82 Å².